The summed E-state index contributed by atoms with van der Waals surface area (Å²) in [4.78, 5) is 11.9. The molecule has 0 aliphatic rings. The first kappa shape index (κ1) is 16.0. The van der Waals surface area contributed by atoms with E-state index in [0.29, 0.717) is 12.0 Å². The van der Waals surface area contributed by atoms with Crippen LogP contribution in [0.2, 0.25) is 0 Å². The molecule has 0 N–H and O–H groups in total. The van der Waals surface area contributed by atoms with Crippen LogP contribution in [0.1, 0.15) is 34.3 Å². The largest absolute Gasteiger partial charge is 0.416 e. The first-order valence-corrected chi connectivity index (χ1v) is 6.89. The maximum Gasteiger partial charge on any atom is 0.416 e. The van der Waals surface area contributed by atoms with Crippen LogP contribution in [0.15, 0.2) is 60.7 Å². The van der Waals surface area contributed by atoms with Crippen LogP contribution < -0.4 is 0 Å². The fraction of sp³-hybridized carbons (Fsp3) is 0.167. The van der Waals surface area contributed by atoms with Crippen molar-refractivity contribution >= 4 is 11.9 Å². The Morgan fingerprint density at radius 1 is 0.955 bits per heavy atom. The Bertz CT molecular complexity index is 640. The van der Waals surface area contributed by atoms with Gasteiger partial charge in [0, 0.05) is 12.0 Å². The van der Waals surface area contributed by atoms with Crippen molar-refractivity contribution in [1.82, 2.24) is 0 Å². The van der Waals surface area contributed by atoms with Crippen LogP contribution in [0.25, 0.3) is 6.08 Å². The van der Waals surface area contributed by atoms with Crippen LogP contribution in [0.4, 0.5) is 13.2 Å². The number of halogens is 3. The number of hydrogen-bond acceptors (Lipinski definition) is 1. The van der Waals surface area contributed by atoms with Gasteiger partial charge in [-0.1, -0.05) is 54.6 Å². The average Bonchev–Trinajstić information content (AvgIpc) is 2.52. The standard InChI is InChI=1S/C18H15F3O/c19-18(20,21)16-12-10-15(11-13-16)17(22)9-5-4-8-14-6-2-1-3-7-14/h1-4,6-8,10-13H,5,9H2/b8-4-. The molecule has 22 heavy (non-hydrogen) atoms. The number of hydrogen-bond donors (Lipinski definition) is 0. The van der Waals surface area contributed by atoms with Gasteiger partial charge in [-0.15, -0.1) is 0 Å². The minimum atomic E-state index is -4.38. The molecule has 0 aliphatic heterocycles. The van der Waals surface area contributed by atoms with Gasteiger partial charge in [-0.3, -0.25) is 4.79 Å². The summed E-state index contributed by atoms with van der Waals surface area (Å²) in [6, 6.07) is 14.0. The van der Waals surface area contributed by atoms with Crippen molar-refractivity contribution in [2.24, 2.45) is 0 Å². The molecule has 0 amide bonds. The Labute approximate surface area is 127 Å². The molecule has 0 saturated carbocycles. The molecular weight excluding hydrogens is 289 g/mol. The third-order valence-corrected chi connectivity index (χ3v) is 3.18. The van der Waals surface area contributed by atoms with Crippen LogP contribution in [-0.4, -0.2) is 5.78 Å². The van der Waals surface area contributed by atoms with Gasteiger partial charge in [0.25, 0.3) is 0 Å². The van der Waals surface area contributed by atoms with Crippen molar-refractivity contribution < 1.29 is 18.0 Å². The fourth-order valence-corrected chi connectivity index (χ4v) is 1.99. The van der Waals surface area contributed by atoms with Crippen molar-refractivity contribution in [1.29, 1.82) is 0 Å². The molecule has 2 rings (SSSR count). The second-order valence-corrected chi connectivity index (χ2v) is 4.85. The summed E-state index contributed by atoms with van der Waals surface area (Å²) in [6.07, 6.45) is 0.251. The number of Topliss-reactive ketones (excluding diaryl/α,β-unsaturated/α-hetero) is 1. The van der Waals surface area contributed by atoms with Gasteiger partial charge in [-0.25, -0.2) is 0 Å². The monoisotopic (exact) mass is 304 g/mol. The van der Waals surface area contributed by atoms with Gasteiger partial charge in [-0.05, 0) is 24.1 Å². The number of carbonyl (C=O) groups is 1. The van der Waals surface area contributed by atoms with E-state index >= 15 is 0 Å². The van der Waals surface area contributed by atoms with Gasteiger partial charge >= 0.3 is 6.18 Å². The number of benzene rings is 2. The summed E-state index contributed by atoms with van der Waals surface area (Å²) in [5, 5.41) is 0. The molecule has 0 aliphatic carbocycles. The van der Waals surface area contributed by atoms with Crippen molar-refractivity contribution in [3.8, 4) is 0 Å². The first-order valence-electron chi connectivity index (χ1n) is 6.89. The molecule has 2 aromatic rings. The van der Waals surface area contributed by atoms with E-state index < -0.39 is 11.7 Å². The average molecular weight is 304 g/mol. The third-order valence-electron chi connectivity index (χ3n) is 3.18. The van der Waals surface area contributed by atoms with Crippen molar-refractivity contribution in [3.63, 3.8) is 0 Å². The lowest BCUT2D eigenvalue weighted by Gasteiger charge is -2.06. The highest BCUT2D eigenvalue weighted by atomic mass is 19.4. The van der Waals surface area contributed by atoms with Crippen LogP contribution >= 0.6 is 0 Å². The molecule has 114 valence electrons. The minimum Gasteiger partial charge on any atom is -0.294 e. The van der Waals surface area contributed by atoms with Crippen LogP contribution in [0, 0.1) is 0 Å². The second-order valence-electron chi connectivity index (χ2n) is 4.85. The van der Waals surface area contributed by atoms with Crippen molar-refractivity contribution in [3.05, 3.63) is 77.4 Å². The van der Waals surface area contributed by atoms with Crippen molar-refractivity contribution in [2.75, 3.05) is 0 Å². The van der Waals surface area contributed by atoms with E-state index in [9.17, 15) is 18.0 Å². The Morgan fingerprint density at radius 2 is 1.59 bits per heavy atom. The lowest BCUT2D eigenvalue weighted by molar-refractivity contribution is -0.137. The fourth-order valence-electron chi connectivity index (χ4n) is 1.99. The molecule has 0 radical (unpaired) electrons. The number of ketones is 1. The number of carbonyl (C=O) groups excluding carboxylic acids is 1. The molecule has 0 bridgehead atoms. The van der Waals surface area contributed by atoms with E-state index in [1.54, 1.807) is 0 Å². The van der Waals surface area contributed by atoms with E-state index in [-0.39, 0.29) is 12.2 Å². The predicted molar refractivity (Wildman–Crippen MR) is 80.5 cm³/mol. The number of alkyl halides is 3. The van der Waals surface area contributed by atoms with E-state index in [1.807, 2.05) is 42.5 Å². The molecule has 4 heteroatoms. The third kappa shape index (κ3) is 4.58. The Kier molecular flexibility index (Phi) is 5.15. The predicted octanol–water partition coefficient (Wildman–Crippen LogP) is 5.38. The van der Waals surface area contributed by atoms with Gasteiger partial charge in [0.1, 0.15) is 0 Å². The molecule has 0 saturated heterocycles. The summed E-state index contributed by atoms with van der Waals surface area (Å²) in [5.74, 6) is -0.161. The summed E-state index contributed by atoms with van der Waals surface area (Å²) in [6.45, 7) is 0. The summed E-state index contributed by atoms with van der Waals surface area (Å²) in [5.41, 5.74) is 0.610. The first-order chi connectivity index (χ1) is 10.5. The highest BCUT2D eigenvalue weighted by Crippen LogP contribution is 2.29. The second kappa shape index (κ2) is 7.07. The Hall–Kier alpha value is -2.36. The molecule has 0 aromatic heterocycles. The lowest BCUT2D eigenvalue weighted by atomic mass is 10.0. The summed E-state index contributed by atoms with van der Waals surface area (Å²) >= 11 is 0. The number of rotatable bonds is 5. The normalized spacial score (nSPS) is 11.8. The lowest BCUT2D eigenvalue weighted by Crippen LogP contribution is -2.06. The topological polar surface area (TPSA) is 17.1 Å². The molecule has 0 unspecified atom stereocenters. The highest BCUT2D eigenvalue weighted by Gasteiger charge is 2.30. The van der Waals surface area contributed by atoms with Gasteiger partial charge < -0.3 is 0 Å². The summed E-state index contributed by atoms with van der Waals surface area (Å²) < 4.78 is 37.3. The van der Waals surface area contributed by atoms with Crippen molar-refractivity contribution in [2.45, 2.75) is 19.0 Å². The van der Waals surface area contributed by atoms with Crippen LogP contribution in [-0.2, 0) is 6.18 Å². The maximum absolute atomic E-state index is 12.4. The molecular formula is C18H15F3O. The van der Waals surface area contributed by atoms with Gasteiger partial charge in [0.05, 0.1) is 5.56 Å². The molecule has 1 nitrogen and oxygen atoms in total. The molecule has 0 heterocycles. The molecule has 2 aromatic carbocycles. The highest BCUT2D eigenvalue weighted by molar-refractivity contribution is 5.96. The smallest absolute Gasteiger partial charge is 0.294 e. The quantitative estimate of drug-likeness (QED) is 0.678. The van der Waals surface area contributed by atoms with E-state index in [1.165, 1.54) is 12.1 Å². The molecule has 0 fully saturated rings. The number of allylic oxidation sites excluding steroid dienone is 1. The van der Waals surface area contributed by atoms with Gasteiger partial charge in [0.2, 0.25) is 0 Å². The maximum atomic E-state index is 12.4. The van der Waals surface area contributed by atoms with Crippen LogP contribution in [0.5, 0.6) is 0 Å². The summed E-state index contributed by atoms with van der Waals surface area (Å²) in [7, 11) is 0. The molecule has 0 atom stereocenters. The van der Waals surface area contributed by atoms with Gasteiger partial charge in [-0.2, -0.15) is 13.2 Å². The molecule has 0 spiro atoms. The Balaban J connectivity index is 1.89. The van der Waals surface area contributed by atoms with E-state index in [4.69, 9.17) is 0 Å². The minimum absolute atomic E-state index is 0.161. The Morgan fingerprint density at radius 3 is 2.18 bits per heavy atom. The SMILES string of the molecule is O=C(CC/C=C\c1ccccc1)c1ccc(C(F)(F)F)cc1. The zero-order valence-electron chi connectivity index (χ0n) is 11.8. The van der Waals surface area contributed by atoms with Crippen LogP contribution in [0.3, 0.4) is 0 Å². The van der Waals surface area contributed by atoms with E-state index in [0.717, 1.165) is 17.7 Å². The zero-order chi connectivity index (χ0) is 16.0. The van der Waals surface area contributed by atoms with E-state index in [2.05, 4.69) is 0 Å². The zero-order valence-corrected chi connectivity index (χ0v) is 11.8. The van der Waals surface area contributed by atoms with Gasteiger partial charge in [0.15, 0.2) is 5.78 Å².